The fraction of sp³-hybridized carbons (Fsp3) is 0.500. The van der Waals surface area contributed by atoms with Crippen LogP contribution in [0.4, 0.5) is 4.39 Å². The SMILES string of the molecule is CCCC(C)CC(=O)c1cccc(C)c1F. The van der Waals surface area contributed by atoms with E-state index in [1.807, 2.05) is 6.92 Å². The van der Waals surface area contributed by atoms with Gasteiger partial charge in [-0.05, 0) is 24.5 Å². The summed E-state index contributed by atoms with van der Waals surface area (Å²) in [6.45, 7) is 5.81. The fourth-order valence-electron chi connectivity index (χ4n) is 1.88. The first kappa shape index (κ1) is 12.9. The Morgan fingerprint density at radius 2 is 2.12 bits per heavy atom. The van der Waals surface area contributed by atoms with Crippen LogP contribution in [0, 0.1) is 18.7 Å². The minimum absolute atomic E-state index is 0.0813. The lowest BCUT2D eigenvalue weighted by atomic mass is 9.95. The third-order valence-corrected chi connectivity index (χ3v) is 2.81. The highest BCUT2D eigenvalue weighted by Crippen LogP contribution is 2.18. The van der Waals surface area contributed by atoms with Crippen molar-refractivity contribution in [1.82, 2.24) is 0 Å². The van der Waals surface area contributed by atoms with Crippen LogP contribution in [0.3, 0.4) is 0 Å². The largest absolute Gasteiger partial charge is 0.294 e. The quantitative estimate of drug-likeness (QED) is 0.684. The number of carbonyl (C=O) groups excluding carboxylic acids is 1. The molecule has 0 spiro atoms. The molecule has 0 aromatic heterocycles. The molecule has 1 atom stereocenters. The molecule has 0 aliphatic rings. The Hall–Kier alpha value is -1.18. The second kappa shape index (κ2) is 5.78. The van der Waals surface area contributed by atoms with Crippen LogP contribution in [-0.2, 0) is 0 Å². The number of hydrogen-bond donors (Lipinski definition) is 0. The zero-order valence-electron chi connectivity index (χ0n) is 10.2. The van der Waals surface area contributed by atoms with E-state index < -0.39 is 0 Å². The minimum atomic E-state index is -0.365. The van der Waals surface area contributed by atoms with Crippen molar-refractivity contribution in [1.29, 1.82) is 0 Å². The van der Waals surface area contributed by atoms with Crippen molar-refractivity contribution in [3.8, 4) is 0 Å². The van der Waals surface area contributed by atoms with Gasteiger partial charge in [-0.25, -0.2) is 4.39 Å². The summed E-state index contributed by atoms with van der Waals surface area (Å²) >= 11 is 0. The molecule has 1 aromatic rings. The van der Waals surface area contributed by atoms with Gasteiger partial charge < -0.3 is 0 Å². The van der Waals surface area contributed by atoms with Gasteiger partial charge in [-0.1, -0.05) is 38.8 Å². The van der Waals surface area contributed by atoms with Gasteiger partial charge in [0.15, 0.2) is 5.78 Å². The first-order valence-electron chi connectivity index (χ1n) is 5.84. The van der Waals surface area contributed by atoms with Crippen LogP contribution in [0.25, 0.3) is 0 Å². The Kier molecular flexibility index (Phi) is 4.66. The molecule has 1 aromatic carbocycles. The predicted octanol–water partition coefficient (Wildman–Crippen LogP) is 4.14. The van der Waals surface area contributed by atoms with Crippen molar-refractivity contribution in [2.75, 3.05) is 0 Å². The summed E-state index contributed by atoms with van der Waals surface area (Å²) in [4.78, 5) is 11.9. The van der Waals surface area contributed by atoms with E-state index in [4.69, 9.17) is 0 Å². The van der Waals surface area contributed by atoms with E-state index in [9.17, 15) is 9.18 Å². The predicted molar refractivity (Wildman–Crippen MR) is 64.2 cm³/mol. The van der Waals surface area contributed by atoms with Crippen LogP contribution in [0.15, 0.2) is 18.2 Å². The van der Waals surface area contributed by atoms with Gasteiger partial charge in [0.1, 0.15) is 5.82 Å². The molecule has 2 heteroatoms. The maximum atomic E-state index is 13.7. The molecule has 1 nitrogen and oxygen atoms in total. The average Bonchev–Trinajstić information content (AvgIpc) is 2.22. The fourth-order valence-corrected chi connectivity index (χ4v) is 1.88. The number of rotatable bonds is 5. The van der Waals surface area contributed by atoms with E-state index in [1.165, 1.54) is 0 Å². The Morgan fingerprint density at radius 1 is 1.44 bits per heavy atom. The molecule has 0 aliphatic heterocycles. The minimum Gasteiger partial charge on any atom is -0.294 e. The van der Waals surface area contributed by atoms with Crippen LogP contribution in [0.2, 0.25) is 0 Å². The molecule has 88 valence electrons. The molecule has 0 bridgehead atoms. The van der Waals surface area contributed by atoms with Crippen molar-refractivity contribution in [3.63, 3.8) is 0 Å². The third-order valence-electron chi connectivity index (χ3n) is 2.81. The Morgan fingerprint density at radius 3 is 2.75 bits per heavy atom. The molecule has 0 amide bonds. The summed E-state index contributed by atoms with van der Waals surface area (Å²) in [5.74, 6) is -0.115. The number of benzene rings is 1. The van der Waals surface area contributed by atoms with Gasteiger partial charge in [-0.3, -0.25) is 4.79 Å². The highest BCUT2D eigenvalue weighted by molar-refractivity contribution is 5.96. The van der Waals surface area contributed by atoms with Gasteiger partial charge in [0.25, 0.3) is 0 Å². The van der Waals surface area contributed by atoms with Gasteiger partial charge in [0.05, 0.1) is 5.56 Å². The highest BCUT2D eigenvalue weighted by atomic mass is 19.1. The smallest absolute Gasteiger partial charge is 0.166 e. The first-order chi connectivity index (χ1) is 7.56. The normalized spacial score (nSPS) is 12.5. The van der Waals surface area contributed by atoms with Crippen LogP contribution in [-0.4, -0.2) is 5.78 Å². The molecular weight excluding hydrogens is 203 g/mol. The maximum Gasteiger partial charge on any atom is 0.166 e. The topological polar surface area (TPSA) is 17.1 Å². The van der Waals surface area contributed by atoms with Crippen LogP contribution in [0.5, 0.6) is 0 Å². The van der Waals surface area contributed by atoms with Gasteiger partial charge in [-0.2, -0.15) is 0 Å². The molecule has 0 heterocycles. The van der Waals surface area contributed by atoms with Crippen molar-refractivity contribution in [3.05, 3.63) is 35.1 Å². The third kappa shape index (κ3) is 3.16. The number of carbonyl (C=O) groups is 1. The number of halogens is 1. The number of Topliss-reactive ketones (excluding diaryl/α,β-unsaturated/α-hetero) is 1. The highest BCUT2D eigenvalue weighted by Gasteiger charge is 2.15. The first-order valence-corrected chi connectivity index (χ1v) is 5.84. The number of ketones is 1. The second-order valence-corrected chi connectivity index (χ2v) is 4.46. The van der Waals surface area contributed by atoms with E-state index in [-0.39, 0.29) is 17.2 Å². The van der Waals surface area contributed by atoms with Crippen LogP contribution < -0.4 is 0 Å². The maximum absolute atomic E-state index is 13.7. The average molecular weight is 222 g/mol. The molecule has 0 saturated heterocycles. The molecule has 16 heavy (non-hydrogen) atoms. The van der Waals surface area contributed by atoms with Crippen molar-refractivity contribution >= 4 is 5.78 Å². The van der Waals surface area contributed by atoms with Gasteiger partial charge in [0.2, 0.25) is 0 Å². The van der Waals surface area contributed by atoms with E-state index >= 15 is 0 Å². The zero-order valence-corrected chi connectivity index (χ0v) is 10.2. The van der Waals surface area contributed by atoms with Gasteiger partial charge in [-0.15, -0.1) is 0 Å². The molecule has 0 saturated carbocycles. The molecule has 0 fully saturated rings. The zero-order chi connectivity index (χ0) is 12.1. The molecule has 0 aliphatic carbocycles. The summed E-state index contributed by atoms with van der Waals surface area (Å²) in [5, 5.41) is 0. The van der Waals surface area contributed by atoms with E-state index in [1.54, 1.807) is 25.1 Å². The molecule has 1 unspecified atom stereocenters. The Labute approximate surface area is 96.7 Å². The lowest BCUT2D eigenvalue weighted by molar-refractivity contribution is 0.0958. The number of aryl methyl sites for hydroxylation is 1. The van der Waals surface area contributed by atoms with Gasteiger partial charge in [0, 0.05) is 6.42 Å². The summed E-state index contributed by atoms with van der Waals surface area (Å²) in [6, 6.07) is 4.99. The Bertz CT molecular complexity index is 371. The number of hydrogen-bond acceptors (Lipinski definition) is 1. The van der Waals surface area contributed by atoms with E-state index in [0.29, 0.717) is 17.9 Å². The van der Waals surface area contributed by atoms with Crippen LogP contribution >= 0.6 is 0 Å². The van der Waals surface area contributed by atoms with E-state index in [0.717, 1.165) is 12.8 Å². The molecule has 0 radical (unpaired) electrons. The van der Waals surface area contributed by atoms with Crippen molar-refractivity contribution in [2.24, 2.45) is 5.92 Å². The second-order valence-electron chi connectivity index (χ2n) is 4.46. The van der Waals surface area contributed by atoms with Crippen molar-refractivity contribution in [2.45, 2.75) is 40.0 Å². The molecule has 1 rings (SSSR count). The monoisotopic (exact) mass is 222 g/mol. The summed E-state index contributed by atoms with van der Waals surface area (Å²) < 4.78 is 13.7. The summed E-state index contributed by atoms with van der Waals surface area (Å²) in [6.07, 6.45) is 2.51. The standard InChI is InChI=1S/C14H19FO/c1-4-6-10(2)9-13(16)12-8-5-7-11(3)14(12)15/h5,7-8,10H,4,6,9H2,1-3H3. The summed E-state index contributed by atoms with van der Waals surface area (Å²) in [5.41, 5.74) is 0.775. The summed E-state index contributed by atoms with van der Waals surface area (Å²) in [7, 11) is 0. The van der Waals surface area contributed by atoms with Crippen molar-refractivity contribution < 1.29 is 9.18 Å². The lowest BCUT2D eigenvalue weighted by Crippen LogP contribution is -2.08. The molecular formula is C14H19FO. The van der Waals surface area contributed by atoms with E-state index in [2.05, 4.69) is 6.92 Å². The van der Waals surface area contributed by atoms with Crippen LogP contribution in [0.1, 0.15) is 49.0 Å². The van der Waals surface area contributed by atoms with Gasteiger partial charge >= 0.3 is 0 Å². The Balaban J connectivity index is 2.77. The lowest BCUT2D eigenvalue weighted by Gasteiger charge is -2.10. The molecule has 0 N–H and O–H groups in total.